The molecule has 0 aromatic carbocycles. The fraction of sp³-hybridized carbons (Fsp3) is 0.500. The van der Waals surface area contributed by atoms with E-state index in [2.05, 4.69) is 50.5 Å². The number of piperidine rings is 1. The third-order valence-electron chi connectivity index (χ3n) is 6.42. The van der Waals surface area contributed by atoms with Gasteiger partial charge in [0.1, 0.15) is 0 Å². The molecule has 0 bridgehead atoms. The molecule has 3 aromatic rings. The molecule has 2 fully saturated rings. The van der Waals surface area contributed by atoms with Gasteiger partial charge in [0.15, 0.2) is 5.65 Å². The van der Waals surface area contributed by atoms with E-state index in [1.807, 2.05) is 24.1 Å². The third-order valence-corrected chi connectivity index (χ3v) is 6.42. The van der Waals surface area contributed by atoms with Crippen LogP contribution in [0, 0.1) is 6.92 Å². The normalized spacial score (nSPS) is 18.6. The Morgan fingerprint density at radius 1 is 1.00 bits per heavy atom. The molecule has 2 aliphatic rings. The second-order valence-electron chi connectivity index (χ2n) is 8.23. The first-order valence-corrected chi connectivity index (χ1v) is 10.6. The number of anilines is 2. The fourth-order valence-corrected chi connectivity index (χ4v) is 4.80. The molecule has 7 heteroatoms. The number of rotatable bonds is 3. The summed E-state index contributed by atoms with van der Waals surface area (Å²) in [6.45, 7) is 8.54. The van der Waals surface area contributed by atoms with Gasteiger partial charge in [-0.1, -0.05) is 0 Å². The molecule has 2 saturated heterocycles. The van der Waals surface area contributed by atoms with Crippen molar-refractivity contribution in [3.8, 4) is 0 Å². The second-order valence-corrected chi connectivity index (χ2v) is 8.23. The molecule has 2 aliphatic heterocycles. The number of nitrogens with one attached hydrogen (secondary N) is 1. The van der Waals surface area contributed by atoms with E-state index >= 15 is 0 Å². The summed E-state index contributed by atoms with van der Waals surface area (Å²) in [5.74, 6) is 0.537. The van der Waals surface area contributed by atoms with Gasteiger partial charge in [0.25, 0.3) is 0 Å². The Labute approximate surface area is 171 Å². The van der Waals surface area contributed by atoms with Crippen molar-refractivity contribution in [2.24, 2.45) is 7.05 Å². The summed E-state index contributed by atoms with van der Waals surface area (Å²) in [5.41, 5.74) is 6.08. The van der Waals surface area contributed by atoms with Crippen LogP contribution in [0.4, 0.5) is 11.4 Å². The van der Waals surface area contributed by atoms with Gasteiger partial charge in [0, 0.05) is 64.1 Å². The molecular weight excluding hydrogens is 362 g/mol. The van der Waals surface area contributed by atoms with E-state index in [4.69, 9.17) is 4.98 Å². The molecule has 5 heterocycles. The molecule has 0 atom stereocenters. The van der Waals surface area contributed by atoms with E-state index < -0.39 is 0 Å². The second kappa shape index (κ2) is 7.63. The molecule has 29 heavy (non-hydrogen) atoms. The average molecular weight is 392 g/mol. The first-order chi connectivity index (χ1) is 14.2. The lowest BCUT2D eigenvalue weighted by molar-refractivity contribution is 0.495. The van der Waals surface area contributed by atoms with Crippen LogP contribution in [0.25, 0.3) is 11.0 Å². The molecule has 0 aliphatic carbocycles. The SMILES string of the molecule is Cc1cc(N2CCNCC2)cnc1C1CCN(c2ccnc3c2cnn3C)CC1. The number of piperazine rings is 1. The van der Waals surface area contributed by atoms with E-state index in [9.17, 15) is 0 Å². The zero-order valence-electron chi connectivity index (χ0n) is 17.3. The summed E-state index contributed by atoms with van der Waals surface area (Å²) < 4.78 is 1.85. The summed E-state index contributed by atoms with van der Waals surface area (Å²) in [5, 5.41) is 8.94. The molecular formula is C22H29N7. The van der Waals surface area contributed by atoms with Crippen molar-refractivity contribution in [3.05, 3.63) is 42.0 Å². The summed E-state index contributed by atoms with van der Waals surface area (Å²) in [7, 11) is 1.95. The van der Waals surface area contributed by atoms with Crippen molar-refractivity contribution >= 4 is 22.4 Å². The quantitative estimate of drug-likeness (QED) is 0.740. The van der Waals surface area contributed by atoms with Crippen molar-refractivity contribution in [2.75, 3.05) is 49.1 Å². The number of aromatic nitrogens is 4. The van der Waals surface area contributed by atoms with Gasteiger partial charge in [-0.2, -0.15) is 5.10 Å². The lowest BCUT2D eigenvalue weighted by Crippen LogP contribution is -2.43. The number of fused-ring (bicyclic) bond motifs is 1. The Bertz CT molecular complexity index is 998. The van der Waals surface area contributed by atoms with Gasteiger partial charge in [-0.3, -0.25) is 9.67 Å². The van der Waals surface area contributed by atoms with Crippen molar-refractivity contribution in [1.82, 2.24) is 25.1 Å². The van der Waals surface area contributed by atoms with Crippen LogP contribution in [0.3, 0.4) is 0 Å². The number of aryl methyl sites for hydroxylation is 2. The molecule has 3 aromatic heterocycles. The monoisotopic (exact) mass is 391 g/mol. The smallest absolute Gasteiger partial charge is 0.159 e. The van der Waals surface area contributed by atoms with Crippen LogP contribution in [0.15, 0.2) is 30.7 Å². The predicted octanol–water partition coefficient (Wildman–Crippen LogP) is 2.47. The highest BCUT2D eigenvalue weighted by Gasteiger charge is 2.25. The summed E-state index contributed by atoms with van der Waals surface area (Å²) in [6.07, 6.45) is 8.17. The van der Waals surface area contributed by atoms with Gasteiger partial charge in [0.2, 0.25) is 0 Å². The van der Waals surface area contributed by atoms with Crippen LogP contribution in [0.2, 0.25) is 0 Å². The first-order valence-electron chi connectivity index (χ1n) is 10.6. The first kappa shape index (κ1) is 18.4. The zero-order chi connectivity index (χ0) is 19.8. The van der Waals surface area contributed by atoms with Gasteiger partial charge in [-0.25, -0.2) is 4.98 Å². The van der Waals surface area contributed by atoms with Crippen molar-refractivity contribution < 1.29 is 0 Å². The van der Waals surface area contributed by atoms with Crippen molar-refractivity contribution in [2.45, 2.75) is 25.7 Å². The highest BCUT2D eigenvalue weighted by molar-refractivity contribution is 5.89. The third kappa shape index (κ3) is 3.44. The summed E-state index contributed by atoms with van der Waals surface area (Å²) >= 11 is 0. The lowest BCUT2D eigenvalue weighted by atomic mass is 9.90. The van der Waals surface area contributed by atoms with E-state index in [1.165, 1.54) is 22.6 Å². The van der Waals surface area contributed by atoms with Gasteiger partial charge < -0.3 is 15.1 Å². The Kier molecular flexibility index (Phi) is 4.83. The Balaban J connectivity index is 1.30. The maximum absolute atomic E-state index is 4.92. The average Bonchev–Trinajstić information content (AvgIpc) is 3.16. The standard InChI is InChI=1S/C22H29N7/c1-16-13-18(28-11-7-23-8-12-28)14-25-21(16)17-4-9-29(10-5-17)20-3-6-24-22-19(20)15-26-27(22)2/h3,6,13-15,17,23H,4-5,7-12H2,1-2H3. The number of nitrogens with zero attached hydrogens (tertiary/aromatic N) is 6. The van der Waals surface area contributed by atoms with Crippen LogP contribution in [-0.4, -0.2) is 59.0 Å². The molecule has 0 unspecified atom stereocenters. The molecule has 5 rings (SSSR count). The summed E-state index contributed by atoms with van der Waals surface area (Å²) in [4.78, 5) is 14.3. The maximum Gasteiger partial charge on any atom is 0.159 e. The molecule has 152 valence electrons. The van der Waals surface area contributed by atoms with E-state index in [-0.39, 0.29) is 0 Å². The van der Waals surface area contributed by atoms with Crippen LogP contribution in [0.5, 0.6) is 0 Å². The number of hydrogen-bond donors (Lipinski definition) is 1. The van der Waals surface area contributed by atoms with Gasteiger partial charge >= 0.3 is 0 Å². The molecule has 7 nitrogen and oxygen atoms in total. The molecule has 0 saturated carbocycles. The van der Waals surface area contributed by atoms with Crippen LogP contribution in [-0.2, 0) is 7.05 Å². The molecule has 0 radical (unpaired) electrons. The number of pyridine rings is 2. The van der Waals surface area contributed by atoms with Gasteiger partial charge in [-0.15, -0.1) is 0 Å². The van der Waals surface area contributed by atoms with E-state index in [0.717, 1.165) is 63.1 Å². The number of hydrogen-bond acceptors (Lipinski definition) is 6. The van der Waals surface area contributed by atoms with Crippen molar-refractivity contribution in [3.63, 3.8) is 0 Å². The molecule has 0 amide bonds. The maximum atomic E-state index is 4.92. The van der Waals surface area contributed by atoms with Crippen LogP contribution < -0.4 is 15.1 Å². The minimum Gasteiger partial charge on any atom is -0.371 e. The van der Waals surface area contributed by atoms with Gasteiger partial charge in [-0.05, 0) is 37.5 Å². The fourth-order valence-electron chi connectivity index (χ4n) is 4.80. The largest absolute Gasteiger partial charge is 0.371 e. The summed E-state index contributed by atoms with van der Waals surface area (Å²) in [6, 6.07) is 4.46. The zero-order valence-corrected chi connectivity index (χ0v) is 17.3. The van der Waals surface area contributed by atoms with E-state index in [1.54, 1.807) is 0 Å². The van der Waals surface area contributed by atoms with Crippen LogP contribution >= 0.6 is 0 Å². The topological polar surface area (TPSA) is 62.1 Å². The Morgan fingerprint density at radius 2 is 1.79 bits per heavy atom. The minimum atomic E-state index is 0.537. The molecule has 1 N–H and O–H groups in total. The van der Waals surface area contributed by atoms with Crippen molar-refractivity contribution in [1.29, 1.82) is 0 Å². The van der Waals surface area contributed by atoms with Crippen LogP contribution in [0.1, 0.15) is 30.0 Å². The van der Waals surface area contributed by atoms with E-state index in [0.29, 0.717) is 5.92 Å². The predicted molar refractivity (Wildman–Crippen MR) is 117 cm³/mol. The highest BCUT2D eigenvalue weighted by atomic mass is 15.3. The minimum absolute atomic E-state index is 0.537. The lowest BCUT2D eigenvalue weighted by Gasteiger charge is -2.34. The highest BCUT2D eigenvalue weighted by Crippen LogP contribution is 2.34. The molecule has 0 spiro atoms. The Morgan fingerprint density at radius 3 is 2.55 bits per heavy atom. The Hall–Kier alpha value is -2.67. The van der Waals surface area contributed by atoms with Gasteiger partial charge in [0.05, 0.1) is 29.2 Å².